The van der Waals surface area contributed by atoms with E-state index in [1.54, 1.807) is 12.1 Å². The molecule has 0 fully saturated rings. The van der Waals surface area contributed by atoms with Crippen LogP contribution in [0, 0.1) is 10.1 Å². The molecule has 0 saturated heterocycles. The molecule has 110 valence electrons. The minimum absolute atomic E-state index is 0.0319. The van der Waals surface area contributed by atoms with Gasteiger partial charge >= 0.3 is 5.54 Å². The number of carbonyl (C=O) groups is 2. The van der Waals surface area contributed by atoms with Crippen LogP contribution in [0.15, 0.2) is 48.5 Å². The molecule has 0 spiro atoms. The van der Waals surface area contributed by atoms with Crippen molar-refractivity contribution in [2.75, 3.05) is 7.11 Å². The lowest BCUT2D eigenvalue weighted by molar-refractivity contribution is -0.537. The molecule has 6 nitrogen and oxygen atoms in total. The number of rotatable bonds is 3. The number of benzene rings is 2. The maximum atomic E-state index is 12.6. The van der Waals surface area contributed by atoms with E-state index in [0.717, 1.165) is 0 Å². The Balaban J connectivity index is 2.25. The van der Waals surface area contributed by atoms with E-state index in [2.05, 4.69) is 0 Å². The van der Waals surface area contributed by atoms with E-state index in [4.69, 9.17) is 4.74 Å². The van der Waals surface area contributed by atoms with E-state index in [0.29, 0.717) is 5.75 Å². The molecule has 2 aromatic carbocycles. The molecule has 1 aliphatic rings. The van der Waals surface area contributed by atoms with Gasteiger partial charge in [-0.3, -0.25) is 19.7 Å². The summed E-state index contributed by atoms with van der Waals surface area (Å²) in [5.41, 5.74) is -2.21. The van der Waals surface area contributed by atoms with E-state index in [1.165, 1.54) is 43.5 Å². The lowest BCUT2D eigenvalue weighted by atomic mass is 9.85. The van der Waals surface area contributed by atoms with Gasteiger partial charge in [0.25, 0.3) is 11.6 Å². The molecule has 0 aliphatic heterocycles. The Labute approximate surface area is 125 Å². The quantitative estimate of drug-likeness (QED) is 0.492. The topological polar surface area (TPSA) is 86.5 Å². The van der Waals surface area contributed by atoms with Crippen LogP contribution in [-0.4, -0.2) is 23.6 Å². The first-order chi connectivity index (χ1) is 10.5. The highest BCUT2D eigenvalue weighted by molar-refractivity contribution is 6.31. The van der Waals surface area contributed by atoms with Crippen LogP contribution < -0.4 is 4.74 Å². The highest BCUT2D eigenvalue weighted by atomic mass is 16.6. The van der Waals surface area contributed by atoms with Gasteiger partial charge in [0.15, 0.2) is 0 Å². The van der Waals surface area contributed by atoms with Gasteiger partial charge in [0.2, 0.25) is 0 Å². The molecule has 0 saturated carbocycles. The minimum atomic E-state index is -2.41. The summed E-state index contributed by atoms with van der Waals surface area (Å²) >= 11 is 0. The number of nitro groups is 1. The van der Waals surface area contributed by atoms with Crippen molar-refractivity contribution >= 4 is 11.6 Å². The summed E-state index contributed by atoms with van der Waals surface area (Å²) in [6.45, 7) is 0. The van der Waals surface area contributed by atoms with Crippen molar-refractivity contribution in [2.45, 2.75) is 5.54 Å². The van der Waals surface area contributed by atoms with Crippen LogP contribution >= 0.6 is 0 Å². The molecular weight excluding hydrogens is 286 g/mol. The Kier molecular flexibility index (Phi) is 3.02. The first kappa shape index (κ1) is 13.9. The Bertz CT molecular complexity index is 759. The molecule has 0 aromatic heterocycles. The maximum absolute atomic E-state index is 12.6. The van der Waals surface area contributed by atoms with Gasteiger partial charge in [0.05, 0.1) is 7.11 Å². The van der Waals surface area contributed by atoms with Gasteiger partial charge < -0.3 is 4.74 Å². The molecule has 0 radical (unpaired) electrons. The third-order valence-electron chi connectivity index (χ3n) is 3.86. The molecule has 0 heterocycles. The van der Waals surface area contributed by atoms with E-state index in [9.17, 15) is 19.7 Å². The van der Waals surface area contributed by atoms with Gasteiger partial charge in [0, 0.05) is 21.6 Å². The van der Waals surface area contributed by atoms with Crippen molar-refractivity contribution in [2.24, 2.45) is 0 Å². The third kappa shape index (κ3) is 1.60. The van der Waals surface area contributed by atoms with Crippen LogP contribution in [0.1, 0.15) is 26.3 Å². The van der Waals surface area contributed by atoms with Crippen molar-refractivity contribution in [3.05, 3.63) is 75.3 Å². The van der Waals surface area contributed by atoms with Crippen LogP contribution in [0.2, 0.25) is 0 Å². The van der Waals surface area contributed by atoms with Gasteiger partial charge in [0.1, 0.15) is 5.75 Å². The maximum Gasteiger partial charge on any atom is 0.370 e. The van der Waals surface area contributed by atoms with Crippen molar-refractivity contribution < 1.29 is 19.2 Å². The van der Waals surface area contributed by atoms with E-state index in [-0.39, 0.29) is 16.7 Å². The van der Waals surface area contributed by atoms with Gasteiger partial charge in [-0.1, -0.05) is 24.3 Å². The van der Waals surface area contributed by atoms with Crippen LogP contribution in [0.5, 0.6) is 5.75 Å². The molecular formula is C16H11NO5. The van der Waals surface area contributed by atoms with E-state index in [1.807, 2.05) is 0 Å². The molecule has 3 rings (SSSR count). The Morgan fingerprint density at radius 3 is 1.86 bits per heavy atom. The third-order valence-corrected chi connectivity index (χ3v) is 3.86. The first-order valence-electron chi connectivity index (χ1n) is 6.51. The first-order valence-corrected chi connectivity index (χ1v) is 6.51. The molecule has 22 heavy (non-hydrogen) atoms. The molecule has 1 aliphatic carbocycles. The van der Waals surface area contributed by atoms with Crippen LogP contribution in [0.4, 0.5) is 0 Å². The fraction of sp³-hybridized carbons (Fsp3) is 0.125. The highest BCUT2D eigenvalue weighted by Crippen LogP contribution is 2.40. The molecule has 0 bridgehead atoms. The summed E-state index contributed by atoms with van der Waals surface area (Å²) < 4.78 is 5.00. The second-order valence-corrected chi connectivity index (χ2v) is 4.90. The molecule has 6 heteroatoms. The highest BCUT2D eigenvalue weighted by Gasteiger charge is 2.65. The van der Waals surface area contributed by atoms with Gasteiger partial charge in [-0.05, 0) is 24.3 Å². The van der Waals surface area contributed by atoms with Crippen molar-refractivity contribution in [3.8, 4) is 5.75 Å². The Morgan fingerprint density at radius 1 is 0.955 bits per heavy atom. The predicted molar refractivity (Wildman–Crippen MR) is 76.8 cm³/mol. The van der Waals surface area contributed by atoms with E-state index >= 15 is 0 Å². The van der Waals surface area contributed by atoms with Crippen molar-refractivity contribution in [1.29, 1.82) is 0 Å². The number of fused-ring (bicyclic) bond motifs is 1. The monoisotopic (exact) mass is 297 g/mol. The zero-order valence-electron chi connectivity index (χ0n) is 11.6. The minimum Gasteiger partial charge on any atom is -0.497 e. The summed E-state index contributed by atoms with van der Waals surface area (Å²) in [6.07, 6.45) is 0. The SMILES string of the molecule is COc1ccc(C2([N+](=O)[O-])C(=O)c3ccccc3C2=O)cc1. The average molecular weight is 297 g/mol. The normalized spacial score (nSPS) is 15.5. The molecule has 0 unspecified atom stereocenters. The second-order valence-electron chi connectivity index (χ2n) is 4.90. The zero-order valence-corrected chi connectivity index (χ0v) is 11.6. The average Bonchev–Trinajstić information content (AvgIpc) is 2.77. The smallest absolute Gasteiger partial charge is 0.370 e. The number of ether oxygens (including phenoxy) is 1. The summed E-state index contributed by atoms with van der Waals surface area (Å²) in [5.74, 6) is -1.12. The summed E-state index contributed by atoms with van der Waals surface area (Å²) in [4.78, 5) is 36.2. The second kappa shape index (κ2) is 4.77. The fourth-order valence-corrected chi connectivity index (χ4v) is 2.74. The largest absolute Gasteiger partial charge is 0.497 e. The van der Waals surface area contributed by atoms with Crippen molar-refractivity contribution in [1.82, 2.24) is 0 Å². The number of nitrogens with zero attached hydrogens (tertiary/aromatic N) is 1. The number of methoxy groups -OCH3 is 1. The standard InChI is InChI=1S/C16H11NO5/c1-22-11-8-6-10(7-9-11)16(17(20)21)14(18)12-4-2-3-5-13(12)15(16)19/h2-9H,1H3. The molecule has 0 atom stereocenters. The van der Waals surface area contributed by atoms with Gasteiger partial charge in [-0.15, -0.1) is 0 Å². The summed E-state index contributed by atoms with van der Waals surface area (Å²) in [6, 6.07) is 11.8. The zero-order chi connectivity index (χ0) is 15.9. The van der Waals surface area contributed by atoms with Crippen LogP contribution in [0.25, 0.3) is 0 Å². The van der Waals surface area contributed by atoms with Crippen LogP contribution in [-0.2, 0) is 5.54 Å². The predicted octanol–water partition coefficient (Wildman–Crippen LogP) is 2.25. The summed E-state index contributed by atoms with van der Waals surface area (Å²) in [7, 11) is 1.46. The van der Waals surface area contributed by atoms with Gasteiger partial charge in [-0.2, -0.15) is 0 Å². The number of Topliss-reactive ketones (excluding diaryl/α,β-unsaturated/α-hetero) is 2. The molecule has 0 amide bonds. The van der Waals surface area contributed by atoms with Crippen molar-refractivity contribution in [3.63, 3.8) is 0 Å². The Hall–Kier alpha value is -3.02. The van der Waals surface area contributed by atoms with Gasteiger partial charge in [-0.25, -0.2) is 0 Å². The fourth-order valence-electron chi connectivity index (χ4n) is 2.74. The lowest BCUT2D eigenvalue weighted by Gasteiger charge is -2.17. The number of ketones is 2. The van der Waals surface area contributed by atoms with E-state index < -0.39 is 22.0 Å². The molecule has 2 aromatic rings. The number of hydrogen-bond donors (Lipinski definition) is 0. The lowest BCUT2D eigenvalue weighted by Crippen LogP contribution is -2.45. The molecule has 0 N–H and O–H groups in total. The number of carbonyl (C=O) groups excluding carboxylic acids is 2. The summed E-state index contributed by atoms with van der Waals surface area (Å²) in [5, 5.41) is 11.7. The number of hydrogen-bond acceptors (Lipinski definition) is 5. The van der Waals surface area contributed by atoms with Crippen LogP contribution in [0.3, 0.4) is 0 Å². The Morgan fingerprint density at radius 2 is 1.45 bits per heavy atom.